The Balaban J connectivity index is 1.61. The van der Waals surface area contributed by atoms with Crippen molar-refractivity contribution in [3.8, 4) is 28.5 Å². The molecule has 3 aromatic rings. The molecule has 0 aliphatic heterocycles. The number of hydrogen-bond donors (Lipinski definition) is 2. The fourth-order valence-electron chi connectivity index (χ4n) is 2.91. The van der Waals surface area contributed by atoms with Crippen LogP contribution in [0, 0.1) is 0 Å². The summed E-state index contributed by atoms with van der Waals surface area (Å²) in [7, 11) is 4.70. The summed E-state index contributed by atoms with van der Waals surface area (Å²) in [6.07, 6.45) is 2.59. The minimum Gasteiger partial charge on any atom is -0.493 e. The first-order valence-corrected chi connectivity index (χ1v) is 8.83. The lowest BCUT2D eigenvalue weighted by atomic mass is 10.1. The highest BCUT2D eigenvalue weighted by atomic mass is 16.5. The zero-order valence-corrected chi connectivity index (χ0v) is 16.1. The second kappa shape index (κ2) is 8.94. The third kappa shape index (κ3) is 4.43. The number of ether oxygens (including phenoxy) is 3. The van der Waals surface area contributed by atoms with Crippen LogP contribution in [0.3, 0.4) is 0 Å². The minimum atomic E-state index is -0.0666. The highest BCUT2D eigenvalue weighted by molar-refractivity contribution is 5.91. The van der Waals surface area contributed by atoms with Crippen LogP contribution in [-0.2, 0) is 11.2 Å². The molecule has 1 heterocycles. The number of carbonyl (C=O) groups is 1. The predicted octanol–water partition coefficient (Wildman–Crippen LogP) is 3.67. The maximum atomic E-state index is 12.3. The first-order valence-electron chi connectivity index (χ1n) is 8.83. The number of anilines is 1. The van der Waals surface area contributed by atoms with E-state index in [1.165, 1.54) is 0 Å². The summed E-state index contributed by atoms with van der Waals surface area (Å²) in [6, 6.07) is 13.2. The van der Waals surface area contributed by atoms with E-state index in [2.05, 4.69) is 15.5 Å². The van der Waals surface area contributed by atoms with Crippen LogP contribution in [0.5, 0.6) is 17.2 Å². The zero-order chi connectivity index (χ0) is 19.9. The Bertz CT molecular complexity index is 896. The third-order valence-electron chi connectivity index (χ3n) is 4.35. The van der Waals surface area contributed by atoms with Gasteiger partial charge in [-0.05, 0) is 47.9 Å². The Labute approximate surface area is 163 Å². The van der Waals surface area contributed by atoms with Gasteiger partial charge in [0.25, 0.3) is 0 Å². The molecule has 0 atom stereocenters. The van der Waals surface area contributed by atoms with Gasteiger partial charge in [-0.2, -0.15) is 5.10 Å². The topological polar surface area (TPSA) is 85.5 Å². The first-order chi connectivity index (χ1) is 13.6. The predicted molar refractivity (Wildman–Crippen MR) is 107 cm³/mol. The molecule has 28 heavy (non-hydrogen) atoms. The lowest BCUT2D eigenvalue weighted by molar-refractivity contribution is -0.116. The van der Waals surface area contributed by atoms with E-state index in [0.29, 0.717) is 30.1 Å². The number of methoxy groups -OCH3 is 3. The van der Waals surface area contributed by atoms with E-state index < -0.39 is 0 Å². The molecular weight excluding hydrogens is 358 g/mol. The molecule has 2 N–H and O–H groups in total. The van der Waals surface area contributed by atoms with E-state index in [9.17, 15) is 4.79 Å². The van der Waals surface area contributed by atoms with Gasteiger partial charge < -0.3 is 19.5 Å². The van der Waals surface area contributed by atoms with Crippen LogP contribution in [0.2, 0.25) is 0 Å². The monoisotopic (exact) mass is 381 g/mol. The van der Waals surface area contributed by atoms with Crippen LogP contribution in [0.4, 0.5) is 5.69 Å². The second-order valence-corrected chi connectivity index (χ2v) is 6.13. The van der Waals surface area contributed by atoms with Crippen LogP contribution in [0.15, 0.2) is 48.7 Å². The van der Waals surface area contributed by atoms with Crippen LogP contribution >= 0.6 is 0 Å². The molecule has 0 unspecified atom stereocenters. The minimum absolute atomic E-state index is 0.0666. The summed E-state index contributed by atoms with van der Waals surface area (Å²) in [6.45, 7) is 0. The number of aromatic amines is 1. The molecule has 1 amide bonds. The summed E-state index contributed by atoms with van der Waals surface area (Å²) in [4.78, 5) is 12.3. The van der Waals surface area contributed by atoms with Crippen LogP contribution in [0.25, 0.3) is 11.3 Å². The Morgan fingerprint density at radius 3 is 2.21 bits per heavy atom. The Hall–Kier alpha value is -3.48. The van der Waals surface area contributed by atoms with Gasteiger partial charge >= 0.3 is 0 Å². The molecule has 0 bridgehead atoms. The maximum absolute atomic E-state index is 12.3. The molecule has 0 saturated carbocycles. The molecule has 146 valence electrons. The summed E-state index contributed by atoms with van der Waals surface area (Å²) < 4.78 is 16.0. The van der Waals surface area contributed by atoms with Gasteiger partial charge in [-0.15, -0.1) is 0 Å². The van der Waals surface area contributed by atoms with Crippen molar-refractivity contribution in [3.63, 3.8) is 0 Å². The van der Waals surface area contributed by atoms with E-state index in [0.717, 1.165) is 22.5 Å². The van der Waals surface area contributed by atoms with Crippen molar-refractivity contribution in [3.05, 3.63) is 54.2 Å². The van der Waals surface area contributed by atoms with Gasteiger partial charge in [-0.25, -0.2) is 0 Å². The molecule has 2 aromatic carbocycles. The van der Waals surface area contributed by atoms with Gasteiger partial charge in [0.1, 0.15) is 0 Å². The second-order valence-electron chi connectivity index (χ2n) is 6.13. The van der Waals surface area contributed by atoms with Crippen molar-refractivity contribution < 1.29 is 19.0 Å². The normalized spacial score (nSPS) is 10.4. The number of amides is 1. The maximum Gasteiger partial charge on any atom is 0.224 e. The quantitative estimate of drug-likeness (QED) is 0.622. The number of aryl methyl sites for hydroxylation is 1. The van der Waals surface area contributed by atoms with Crippen molar-refractivity contribution in [2.24, 2.45) is 0 Å². The van der Waals surface area contributed by atoms with Gasteiger partial charge in [0.2, 0.25) is 11.7 Å². The van der Waals surface area contributed by atoms with Crippen molar-refractivity contribution in [2.75, 3.05) is 26.6 Å². The highest BCUT2D eigenvalue weighted by Crippen LogP contribution is 2.38. The summed E-state index contributed by atoms with van der Waals surface area (Å²) in [5.74, 6) is 1.62. The zero-order valence-electron chi connectivity index (χ0n) is 16.1. The van der Waals surface area contributed by atoms with Gasteiger partial charge in [-0.3, -0.25) is 9.89 Å². The molecular formula is C21H23N3O4. The summed E-state index contributed by atoms with van der Waals surface area (Å²) in [5, 5.41) is 9.76. The van der Waals surface area contributed by atoms with Gasteiger partial charge in [-0.1, -0.05) is 12.1 Å². The molecule has 7 nitrogen and oxygen atoms in total. The number of rotatable bonds is 8. The van der Waals surface area contributed by atoms with Gasteiger partial charge in [0.05, 0.1) is 27.0 Å². The Morgan fingerprint density at radius 2 is 1.68 bits per heavy atom. The van der Waals surface area contributed by atoms with Crippen molar-refractivity contribution in [1.82, 2.24) is 10.2 Å². The summed E-state index contributed by atoms with van der Waals surface area (Å²) >= 11 is 0. The third-order valence-corrected chi connectivity index (χ3v) is 4.35. The number of benzene rings is 2. The largest absolute Gasteiger partial charge is 0.493 e. The lowest BCUT2D eigenvalue weighted by Crippen LogP contribution is -2.12. The van der Waals surface area contributed by atoms with Crippen molar-refractivity contribution in [1.29, 1.82) is 0 Å². The van der Waals surface area contributed by atoms with Gasteiger partial charge in [0, 0.05) is 18.3 Å². The molecule has 3 rings (SSSR count). The van der Waals surface area contributed by atoms with E-state index in [1.54, 1.807) is 27.5 Å². The molecule has 1 aromatic heterocycles. The average Bonchev–Trinajstić information content (AvgIpc) is 3.26. The van der Waals surface area contributed by atoms with Crippen LogP contribution in [0.1, 0.15) is 12.0 Å². The van der Waals surface area contributed by atoms with Gasteiger partial charge in [0.15, 0.2) is 11.5 Å². The molecule has 0 aliphatic carbocycles. The van der Waals surface area contributed by atoms with E-state index >= 15 is 0 Å². The Kier molecular flexibility index (Phi) is 6.16. The standard InChI is InChI=1S/C21H23N3O4/c1-26-18-12-14(13-19(27-2)21(18)28-3)4-9-20(25)23-16-7-5-15(6-8-16)17-10-11-22-24-17/h5-8,10-13H,4,9H2,1-3H3,(H,22,24)(H,23,25). The first kappa shape index (κ1) is 19.3. The van der Waals surface area contributed by atoms with Crippen LogP contribution < -0.4 is 19.5 Å². The SMILES string of the molecule is COc1cc(CCC(=O)Nc2ccc(-c3ccn[nH]3)cc2)cc(OC)c1OC. The number of H-pyrrole nitrogens is 1. The molecule has 0 aliphatic rings. The molecule has 0 spiro atoms. The van der Waals surface area contributed by atoms with E-state index in [4.69, 9.17) is 14.2 Å². The molecule has 0 radical (unpaired) electrons. The smallest absolute Gasteiger partial charge is 0.224 e. The number of nitrogens with zero attached hydrogens (tertiary/aromatic N) is 1. The number of nitrogens with one attached hydrogen (secondary N) is 2. The highest BCUT2D eigenvalue weighted by Gasteiger charge is 2.14. The lowest BCUT2D eigenvalue weighted by Gasteiger charge is -2.14. The summed E-state index contributed by atoms with van der Waals surface area (Å²) in [5.41, 5.74) is 3.62. The average molecular weight is 381 g/mol. The van der Waals surface area contributed by atoms with E-state index in [-0.39, 0.29) is 5.91 Å². The number of carbonyl (C=O) groups excluding carboxylic acids is 1. The Morgan fingerprint density at radius 1 is 1.00 bits per heavy atom. The molecule has 0 saturated heterocycles. The van der Waals surface area contributed by atoms with Crippen LogP contribution in [-0.4, -0.2) is 37.4 Å². The fourth-order valence-corrected chi connectivity index (χ4v) is 2.91. The van der Waals surface area contributed by atoms with E-state index in [1.807, 2.05) is 42.5 Å². The number of hydrogen-bond acceptors (Lipinski definition) is 5. The van der Waals surface area contributed by atoms with Crippen molar-refractivity contribution >= 4 is 11.6 Å². The fraction of sp³-hybridized carbons (Fsp3) is 0.238. The molecule has 7 heteroatoms. The molecule has 0 fully saturated rings. The number of aromatic nitrogens is 2. The van der Waals surface area contributed by atoms with Crippen molar-refractivity contribution in [2.45, 2.75) is 12.8 Å².